The number of carbonyl (C=O) groups excluding carboxylic acids is 1. The van der Waals surface area contributed by atoms with E-state index in [0.29, 0.717) is 24.5 Å². The number of halogens is 1. The second-order valence-corrected chi connectivity index (χ2v) is 18.1. The van der Waals surface area contributed by atoms with Gasteiger partial charge in [0.1, 0.15) is 5.75 Å². The van der Waals surface area contributed by atoms with E-state index in [1.54, 1.807) is 7.11 Å². The molecule has 2 aromatic carbocycles. The zero-order valence-corrected chi connectivity index (χ0v) is 26.5. The lowest BCUT2D eigenvalue weighted by atomic mass is 9.73. The van der Waals surface area contributed by atoms with Crippen LogP contribution in [0.15, 0.2) is 53.0 Å². The molecule has 0 bridgehead atoms. The van der Waals surface area contributed by atoms with E-state index in [1.165, 1.54) is 5.56 Å². The zero-order chi connectivity index (χ0) is 27.7. The molecular formula is C30H44BrN3O3Si. The van der Waals surface area contributed by atoms with Crippen molar-refractivity contribution in [1.29, 1.82) is 0 Å². The van der Waals surface area contributed by atoms with Crippen LogP contribution in [0.3, 0.4) is 0 Å². The first kappa shape index (κ1) is 29.1. The SMILES string of the molecule is COc1ccc(NC(=O)N2CCCC(C)N3[C@H](CO[Si](C)(C)C(C)(C)C)[C@H](c4ccc(Br)cc4)[C@@H]3C2)cc1. The van der Waals surface area contributed by atoms with Crippen LogP contribution in [0, 0.1) is 0 Å². The van der Waals surface area contributed by atoms with Crippen molar-refractivity contribution in [2.24, 2.45) is 0 Å². The van der Waals surface area contributed by atoms with Crippen molar-refractivity contribution in [1.82, 2.24) is 9.80 Å². The summed E-state index contributed by atoms with van der Waals surface area (Å²) in [6.07, 6.45) is 2.05. The van der Waals surface area contributed by atoms with E-state index in [4.69, 9.17) is 9.16 Å². The van der Waals surface area contributed by atoms with Crippen molar-refractivity contribution in [3.8, 4) is 5.75 Å². The Kier molecular flexibility index (Phi) is 8.97. The van der Waals surface area contributed by atoms with Crippen molar-refractivity contribution in [2.75, 3.05) is 32.1 Å². The second kappa shape index (κ2) is 11.7. The maximum Gasteiger partial charge on any atom is 0.321 e. The summed E-state index contributed by atoms with van der Waals surface area (Å²) in [7, 11) is -0.245. The smallest absolute Gasteiger partial charge is 0.321 e. The molecule has 1 unspecified atom stereocenters. The minimum atomic E-state index is -1.89. The molecule has 208 valence electrons. The molecule has 4 atom stereocenters. The minimum absolute atomic E-state index is 0.0415. The summed E-state index contributed by atoms with van der Waals surface area (Å²) >= 11 is 3.60. The van der Waals surface area contributed by atoms with Crippen LogP contribution in [-0.4, -0.2) is 69.1 Å². The number of carbonyl (C=O) groups is 1. The monoisotopic (exact) mass is 601 g/mol. The minimum Gasteiger partial charge on any atom is -0.497 e. The molecule has 2 aliphatic rings. The average Bonchev–Trinajstić information content (AvgIpc) is 2.84. The third-order valence-electron chi connectivity index (χ3n) is 8.87. The van der Waals surface area contributed by atoms with Crippen LogP contribution >= 0.6 is 15.9 Å². The molecule has 2 fully saturated rings. The van der Waals surface area contributed by atoms with Gasteiger partial charge in [-0.25, -0.2) is 4.79 Å². The number of fused-ring (bicyclic) bond motifs is 1. The van der Waals surface area contributed by atoms with Gasteiger partial charge in [-0.2, -0.15) is 0 Å². The number of urea groups is 1. The highest BCUT2D eigenvalue weighted by atomic mass is 79.9. The van der Waals surface area contributed by atoms with Gasteiger partial charge in [0.05, 0.1) is 13.7 Å². The molecule has 2 heterocycles. The van der Waals surface area contributed by atoms with Crippen LogP contribution in [0.5, 0.6) is 5.75 Å². The molecule has 2 amide bonds. The third-order valence-corrected chi connectivity index (χ3v) is 13.9. The lowest BCUT2D eigenvalue weighted by molar-refractivity contribution is -0.0832. The highest BCUT2D eigenvalue weighted by Crippen LogP contribution is 2.46. The Morgan fingerprint density at radius 1 is 1.11 bits per heavy atom. The van der Waals surface area contributed by atoms with E-state index in [2.05, 4.69) is 91.2 Å². The molecule has 6 nitrogen and oxygen atoms in total. The number of rotatable bonds is 6. The summed E-state index contributed by atoms with van der Waals surface area (Å²) in [4.78, 5) is 18.1. The number of amides is 2. The second-order valence-electron chi connectivity index (χ2n) is 12.3. The van der Waals surface area contributed by atoms with Crippen molar-refractivity contribution < 1.29 is 14.0 Å². The highest BCUT2D eigenvalue weighted by molar-refractivity contribution is 9.10. The van der Waals surface area contributed by atoms with Crippen LogP contribution in [0.2, 0.25) is 18.1 Å². The fourth-order valence-corrected chi connectivity index (χ4v) is 6.85. The normalized spacial score (nSPS) is 24.6. The van der Waals surface area contributed by atoms with Gasteiger partial charge in [0.15, 0.2) is 8.32 Å². The molecule has 2 saturated heterocycles. The Morgan fingerprint density at radius 3 is 2.37 bits per heavy atom. The number of methoxy groups -OCH3 is 1. The van der Waals surface area contributed by atoms with E-state index in [1.807, 2.05) is 29.2 Å². The van der Waals surface area contributed by atoms with Crippen molar-refractivity contribution >= 4 is 36.0 Å². The van der Waals surface area contributed by atoms with E-state index >= 15 is 0 Å². The number of hydrogen-bond donors (Lipinski definition) is 1. The van der Waals surface area contributed by atoms with Crippen LogP contribution in [-0.2, 0) is 4.43 Å². The lowest BCUT2D eigenvalue weighted by Crippen LogP contribution is -2.71. The Bertz CT molecular complexity index is 1090. The predicted octanol–water partition coefficient (Wildman–Crippen LogP) is 7.33. The molecule has 0 radical (unpaired) electrons. The van der Waals surface area contributed by atoms with E-state index in [9.17, 15) is 4.79 Å². The maximum absolute atomic E-state index is 13.4. The van der Waals surface area contributed by atoms with Gasteiger partial charge in [-0.3, -0.25) is 4.90 Å². The molecular weight excluding hydrogens is 558 g/mol. The molecule has 2 aromatic rings. The number of ether oxygens (including phenoxy) is 1. The molecule has 1 N–H and O–H groups in total. The summed E-state index contributed by atoms with van der Waals surface area (Å²) < 4.78 is 13.1. The fourth-order valence-electron chi connectivity index (χ4n) is 5.57. The summed E-state index contributed by atoms with van der Waals surface area (Å²) in [5, 5.41) is 3.27. The van der Waals surface area contributed by atoms with Gasteiger partial charge in [0.25, 0.3) is 0 Å². The van der Waals surface area contributed by atoms with Crippen molar-refractivity contribution in [2.45, 2.75) is 82.7 Å². The molecule has 0 saturated carbocycles. The van der Waals surface area contributed by atoms with E-state index in [-0.39, 0.29) is 17.1 Å². The molecule has 38 heavy (non-hydrogen) atoms. The summed E-state index contributed by atoms with van der Waals surface area (Å²) in [6.45, 7) is 16.1. The first-order valence-corrected chi connectivity index (χ1v) is 17.5. The number of nitrogens with zero attached hydrogens (tertiary/aromatic N) is 2. The lowest BCUT2D eigenvalue weighted by Gasteiger charge is -2.60. The highest BCUT2D eigenvalue weighted by Gasteiger charge is 2.53. The number of benzene rings is 2. The Labute approximate surface area is 238 Å². The van der Waals surface area contributed by atoms with Crippen LogP contribution in [0.1, 0.15) is 52.0 Å². The summed E-state index contributed by atoms with van der Waals surface area (Å²) in [5.74, 6) is 1.08. The fraction of sp³-hybridized carbons (Fsp3) is 0.567. The molecule has 0 spiro atoms. The molecule has 8 heteroatoms. The summed E-state index contributed by atoms with van der Waals surface area (Å²) in [6, 6.07) is 17.2. The zero-order valence-electron chi connectivity index (χ0n) is 24.0. The van der Waals surface area contributed by atoms with Gasteiger partial charge < -0.3 is 19.4 Å². The van der Waals surface area contributed by atoms with Gasteiger partial charge in [0.2, 0.25) is 0 Å². The number of nitrogens with one attached hydrogen (secondary N) is 1. The molecule has 0 aliphatic carbocycles. The topological polar surface area (TPSA) is 54.0 Å². The Balaban J connectivity index is 1.56. The number of anilines is 1. The molecule has 2 aliphatic heterocycles. The summed E-state index contributed by atoms with van der Waals surface area (Å²) in [5.41, 5.74) is 2.10. The van der Waals surface area contributed by atoms with Crippen LogP contribution in [0.25, 0.3) is 0 Å². The third kappa shape index (κ3) is 6.30. The maximum atomic E-state index is 13.4. The largest absolute Gasteiger partial charge is 0.497 e. The first-order valence-electron chi connectivity index (χ1n) is 13.8. The predicted molar refractivity (Wildman–Crippen MR) is 162 cm³/mol. The number of hydrogen-bond acceptors (Lipinski definition) is 4. The standard InChI is InChI=1S/C30H44BrN3O3Si/c1-21-9-8-18-33(29(35)32-24-14-16-25(36-5)17-15-24)19-26-28(22-10-12-23(31)13-11-22)27(34(21)26)20-37-38(6,7)30(2,3)4/h10-17,21,26-28H,8-9,18-20H2,1-7H3,(H,32,35)/t21?,26-,27+,28+/m0/s1. The first-order chi connectivity index (χ1) is 17.9. The van der Waals surface area contributed by atoms with Crippen LogP contribution in [0.4, 0.5) is 10.5 Å². The molecule has 4 rings (SSSR count). The van der Waals surface area contributed by atoms with Crippen molar-refractivity contribution in [3.63, 3.8) is 0 Å². The van der Waals surface area contributed by atoms with E-state index < -0.39 is 8.32 Å². The Morgan fingerprint density at radius 2 is 1.76 bits per heavy atom. The van der Waals surface area contributed by atoms with Gasteiger partial charge in [-0.15, -0.1) is 0 Å². The van der Waals surface area contributed by atoms with Gasteiger partial charge in [0, 0.05) is 47.3 Å². The van der Waals surface area contributed by atoms with Gasteiger partial charge >= 0.3 is 6.03 Å². The Hall–Kier alpha value is -1.87. The molecule has 0 aromatic heterocycles. The quantitative estimate of drug-likeness (QED) is 0.352. The van der Waals surface area contributed by atoms with Gasteiger partial charge in [-0.1, -0.05) is 48.8 Å². The van der Waals surface area contributed by atoms with E-state index in [0.717, 1.165) is 41.9 Å². The van der Waals surface area contributed by atoms with Crippen LogP contribution < -0.4 is 10.1 Å². The van der Waals surface area contributed by atoms with Gasteiger partial charge in [-0.05, 0) is 79.9 Å². The van der Waals surface area contributed by atoms with Crippen molar-refractivity contribution in [3.05, 3.63) is 58.6 Å². The average molecular weight is 603 g/mol.